The van der Waals surface area contributed by atoms with Gasteiger partial charge in [-0.2, -0.15) is 0 Å². The maximum absolute atomic E-state index is 12.5. The van der Waals surface area contributed by atoms with Gasteiger partial charge in [-0.25, -0.2) is 0 Å². The standard InChI is InChI=1S/C19H20N2O3/c1-13(22)21-11-5-6-14-9-10-15(12-17(14)21)20-19(23)16-7-3-4-8-18(16)24-2/h3-4,7-10,12H,5-6,11H2,1-2H3,(H,20,23). The van der Waals surface area contributed by atoms with E-state index in [4.69, 9.17) is 4.74 Å². The molecular formula is C19H20N2O3. The van der Waals surface area contributed by atoms with Gasteiger partial charge in [0.1, 0.15) is 5.75 Å². The molecule has 0 atom stereocenters. The fraction of sp³-hybridized carbons (Fsp3) is 0.263. The van der Waals surface area contributed by atoms with Crippen LogP contribution in [0.1, 0.15) is 29.3 Å². The van der Waals surface area contributed by atoms with Crippen molar-refractivity contribution in [3.63, 3.8) is 0 Å². The van der Waals surface area contributed by atoms with Crippen LogP contribution in [0.5, 0.6) is 5.75 Å². The topological polar surface area (TPSA) is 58.6 Å². The van der Waals surface area contributed by atoms with Crippen molar-refractivity contribution in [1.82, 2.24) is 0 Å². The zero-order valence-electron chi connectivity index (χ0n) is 13.8. The number of hydrogen-bond donors (Lipinski definition) is 1. The molecule has 1 aliphatic heterocycles. The SMILES string of the molecule is COc1ccccc1C(=O)Nc1ccc2c(c1)N(C(C)=O)CCC2. The van der Waals surface area contributed by atoms with Gasteiger partial charge in [-0.3, -0.25) is 9.59 Å². The fourth-order valence-corrected chi connectivity index (χ4v) is 3.01. The van der Waals surface area contributed by atoms with Crippen molar-refractivity contribution in [1.29, 1.82) is 0 Å². The molecule has 1 N–H and O–H groups in total. The molecule has 0 fully saturated rings. The van der Waals surface area contributed by atoms with Crippen molar-refractivity contribution in [3.8, 4) is 5.75 Å². The van der Waals surface area contributed by atoms with Gasteiger partial charge in [-0.15, -0.1) is 0 Å². The average Bonchev–Trinajstić information content (AvgIpc) is 2.60. The summed E-state index contributed by atoms with van der Waals surface area (Å²) in [6.07, 6.45) is 1.90. The smallest absolute Gasteiger partial charge is 0.259 e. The van der Waals surface area contributed by atoms with Crippen LogP contribution in [0.2, 0.25) is 0 Å². The fourth-order valence-electron chi connectivity index (χ4n) is 3.01. The first-order chi connectivity index (χ1) is 11.6. The summed E-state index contributed by atoms with van der Waals surface area (Å²) < 4.78 is 5.23. The number of methoxy groups -OCH3 is 1. The van der Waals surface area contributed by atoms with Gasteiger partial charge in [-0.05, 0) is 42.7 Å². The molecule has 0 aromatic heterocycles. The number of amides is 2. The van der Waals surface area contributed by atoms with Gasteiger partial charge in [0.25, 0.3) is 5.91 Å². The number of anilines is 2. The third-order valence-corrected chi connectivity index (χ3v) is 4.19. The van der Waals surface area contributed by atoms with Crippen LogP contribution in [-0.4, -0.2) is 25.5 Å². The van der Waals surface area contributed by atoms with E-state index in [1.54, 1.807) is 30.0 Å². The van der Waals surface area contributed by atoms with Gasteiger partial charge in [0.15, 0.2) is 0 Å². The molecule has 124 valence electrons. The maximum atomic E-state index is 12.5. The number of carbonyl (C=O) groups is 2. The normalized spacial score (nSPS) is 13.2. The Morgan fingerprint density at radius 3 is 2.71 bits per heavy atom. The Bertz CT molecular complexity index is 786. The van der Waals surface area contributed by atoms with Crippen molar-refractivity contribution >= 4 is 23.2 Å². The van der Waals surface area contributed by atoms with E-state index in [9.17, 15) is 9.59 Å². The van der Waals surface area contributed by atoms with Crippen LogP contribution in [0, 0.1) is 0 Å². The summed E-state index contributed by atoms with van der Waals surface area (Å²) in [4.78, 5) is 26.1. The first-order valence-corrected chi connectivity index (χ1v) is 7.95. The number of carbonyl (C=O) groups excluding carboxylic acids is 2. The summed E-state index contributed by atoms with van der Waals surface area (Å²) in [5.74, 6) is 0.306. The zero-order valence-corrected chi connectivity index (χ0v) is 13.8. The minimum atomic E-state index is -0.238. The number of fused-ring (bicyclic) bond motifs is 1. The van der Waals surface area contributed by atoms with Gasteiger partial charge in [0, 0.05) is 24.8 Å². The molecule has 5 nitrogen and oxygen atoms in total. The predicted octanol–water partition coefficient (Wildman–Crippen LogP) is 3.25. The summed E-state index contributed by atoms with van der Waals surface area (Å²) in [5.41, 5.74) is 3.15. The minimum Gasteiger partial charge on any atom is -0.496 e. The van der Waals surface area contributed by atoms with Gasteiger partial charge in [0.05, 0.1) is 12.7 Å². The molecule has 0 unspecified atom stereocenters. The van der Waals surface area contributed by atoms with Crippen LogP contribution in [0.25, 0.3) is 0 Å². The highest BCUT2D eigenvalue weighted by Gasteiger charge is 2.21. The molecule has 24 heavy (non-hydrogen) atoms. The molecule has 2 aromatic carbocycles. The highest BCUT2D eigenvalue weighted by molar-refractivity contribution is 6.06. The van der Waals surface area contributed by atoms with Crippen LogP contribution in [-0.2, 0) is 11.2 Å². The number of hydrogen-bond acceptors (Lipinski definition) is 3. The van der Waals surface area contributed by atoms with Crippen molar-refractivity contribution in [2.75, 3.05) is 23.9 Å². The lowest BCUT2D eigenvalue weighted by Gasteiger charge is -2.29. The number of nitrogens with zero attached hydrogens (tertiary/aromatic N) is 1. The lowest BCUT2D eigenvalue weighted by molar-refractivity contribution is -0.116. The van der Waals surface area contributed by atoms with Crippen molar-refractivity contribution in [2.24, 2.45) is 0 Å². The summed E-state index contributed by atoms with van der Waals surface area (Å²) in [6.45, 7) is 2.28. The second-order valence-corrected chi connectivity index (χ2v) is 5.77. The number of benzene rings is 2. The van der Waals surface area contributed by atoms with Crippen molar-refractivity contribution in [3.05, 3.63) is 53.6 Å². The van der Waals surface area contributed by atoms with E-state index in [1.165, 1.54) is 7.11 Å². The zero-order chi connectivity index (χ0) is 17.1. The van der Waals surface area contributed by atoms with E-state index >= 15 is 0 Å². The second-order valence-electron chi connectivity index (χ2n) is 5.77. The monoisotopic (exact) mass is 324 g/mol. The minimum absolute atomic E-state index is 0.0177. The molecule has 0 saturated heterocycles. The first-order valence-electron chi connectivity index (χ1n) is 7.95. The number of ether oxygens (including phenoxy) is 1. The Kier molecular flexibility index (Phi) is 4.51. The Hall–Kier alpha value is -2.82. The predicted molar refractivity (Wildman–Crippen MR) is 93.7 cm³/mol. The van der Waals surface area contributed by atoms with Crippen LogP contribution in [0.15, 0.2) is 42.5 Å². The molecule has 1 aliphatic rings. The first kappa shape index (κ1) is 16.1. The summed E-state index contributed by atoms with van der Waals surface area (Å²) >= 11 is 0. The Morgan fingerprint density at radius 1 is 1.17 bits per heavy atom. The Morgan fingerprint density at radius 2 is 1.96 bits per heavy atom. The van der Waals surface area contributed by atoms with E-state index in [0.29, 0.717) is 23.5 Å². The summed E-state index contributed by atoms with van der Waals surface area (Å²) in [6, 6.07) is 12.8. The summed E-state index contributed by atoms with van der Waals surface area (Å²) in [5, 5.41) is 2.89. The van der Waals surface area contributed by atoms with Crippen LogP contribution >= 0.6 is 0 Å². The largest absolute Gasteiger partial charge is 0.496 e. The molecule has 3 rings (SSSR count). The van der Waals surface area contributed by atoms with Crippen molar-refractivity contribution < 1.29 is 14.3 Å². The lowest BCUT2D eigenvalue weighted by atomic mass is 10.0. The molecule has 5 heteroatoms. The summed E-state index contributed by atoms with van der Waals surface area (Å²) in [7, 11) is 1.54. The molecular weight excluding hydrogens is 304 g/mol. The van der Waals surface area contributed by atoms with Crippen LogP contribution in [0.4, 0.5) is 11.4 Å². The van der Waals surface area contributed by atoms with Crippen LogP contribution < -0.4 is 15.0 Å². The molecule has 1 heterocycles. The quantitative estimate of drug-likeness (QED) is 0.943. The Balaban J connectivity index is 1.87. The highest BCUT2D eigenvalue weighted by Crippen LogP contribution is 2.30. The molecule has 0 saturated carbocycles. The second kappa shape index (κ2) is 6.74. The van der Waals surface area contributed by atoms with Gasteiger partial charge >= 0.3 is 0 Å². The number of aryl methyl sites for hydroxylation is 1. The number of rotatable bonds is 3. The van der Waals surface area contributed by atoms with E-state index in [1.807, 2.05) is 24.3 Å². The van der Waals surface area contributed by atoms with Crippen LogP contribution in [0.3, 0.4) is 0 Å². The third-order valence-electron chi connectivity index (χ3n) is 4.19. The number of para-hydroxylation sites is 1. The maximum Gasteiger partial charge on any atom is 0.259 e. The molecule has 2 aromatic rings. The van der Waals surface area contributed by atoms with E-state index in [2.05, 4.69) is 5.32 Å². The average molecular weight is 324 g/mol. The van der Waals surface area contributed by atoms with Gasteiger partial charge in [0.2, 0.25) is 5.91 Å². The molecule has 2 amide bonds. The molecule has 0 radical (unpaired) electrons. The third kappa shape index (κ3) is 3.11. The van der Waals surface area contributed by atoms with Crippen molar-refractivity contribution in [2.45, 2.75) is 19.8 Å². The molecule has 0 aliphatic carbocycles. The lowest BCUT2D eigenvalue weighted by Crippen LogP contribution is -2.33. The number of nitrogens with one attached hydrogen (secondary N) is 1. The molecule has 0 spiro atoms. The van der Waals surface area contributed by atoms with Gasteiger partial charge in [-0.1, -0.05) is 18.2 Å². The van der Waals surface area contributed by atoms with E-state index < -0.39 is 0 Å². The Labute approximate surface area is 141 Å². The van der Waals surface area contributed by atoms with Gasteiger partial charge < -0.3 is 15.0 Å². The highest BCUT2D eigenvalue weighted by atomic mass is 16.5. The van der Waals surface area contributed by atoms with E-state index in [0.717, 1.165) is 24.1 Å². The van der Waals surface area contributed by atoms with E-state index in [-0.39, 0.29) is 11.8 Å². The molecule has 0 bridgehead atoms.